The summed E-state index contributed by atoms with van der Waals surface area (Å²) in [6.45, 7) is 4.43. The van der Waals surface area contributed by atoms with Crippen LogP contribution < -0.4 is 11.1 Å². The molecule has 20 heavy (non-hydrogen) atoms. The van der Waals surface area contributed by atoms with Crippen LogP contribution in [0.1, 0.15) is 26.7 Å². The molecule has 1 aromatic heterocycles. The number of hydrogen-bond acceptors (Lipinski definition) is 4. The smallest absolute Gasteiger partial charge is 0.163 e. The van der Waals surface area contributed by atoms with E-state index in [1.807, 2.05) is 30.3 Å². The highest BCUT2D eigenvalue weighted by Crippen LogP contribution is 2.41. The molecular formula is C16H20N4. The van der Waals surface area contributed by atoms with Gasteiger partial charge in [0.2, 0.25) is 0 Å². The highest BCUT2D eigenvalue weighted by molar-refractivity contribution is 5.60. The number of nitrogens with zero attached hydrogens (tertiary/aromatic N) is 2. The number of nitrogens with two attached hydrogens (primary N) is 1. The topological polar surface area (TPSA) is 63.8 Å². The van der Waals surface area contributed by atoms with Crippen LogP contribution in [0.15, 0.2) is 36.4 Å². The van der Waals surface area contributed by atoms with Crippen LogP contribution in [-0.4, -0.2) is 15.5 Å². The minimum absolute atomic E-state index is 0.0503. The van der Waals surface area contributed by atoms with Crippen molar-refractivity contribution in [3.63, 3.8) is 0 Å². The first kappa shape index (κ1) is 12.9. The lowest BCUT2D eigenvalue weighted by atomic mass is 9.99. The van der Waals surface area contributed by atoms with Gasteiger partial charge in [-0.1, -0.05) is 30.3 Å². The maximum absolute atomic E-state index is 5.92. The molecule has 3 rings (SSSR count). The minimum atomic E-state index is 0.0503. The Morgan fingerprint density at radius 3 is 2.50 bits per heavy atom. The number of anilines is 2. The Hall–Kier alpha value is -2.10. The zero-order valence-corrected chi connectivity index (χ0v) is 11.9. The summed E-state index contributed by atoms with van der Waals surface area (Å²) in [5.74, 6) is 2.68. The third-order valence-corrected chi connectivity index (χ3v) is 3.83. The molecule has 0 unspecified atom stereocenters. The fourth-order valence-corrected chi connectivity index (χ4v) is 2.48. The van der Waals surface area contributed by atoms with E-state index < -0.39 is 0 Å². The average Bonchev–Trinajstić information content (AvgIpc) is 3.23. The Labute approximate surface area is 119 Å². The molecule has 4 heteroatoms. The molecule has 1 aromatic carbocycles. The van der Waals surface area contributed by atoms with Gasteiger partial charge in [-0.25, -0.2) is 9.97 Å². The third-order valence-electron chi connectivity index (χ3n) is 3.83. The lowest BCUT2D eigenvalue weighted by molar-refractivity contribution is 0.492. The fraction of sp³-hybridized carbons (Fsp3) is 0.375. The highest BCUT2D eigenvalue weighted by Gasteiger charge is 2.37. The van der Waals surface area contributed by atoms with Gasteiger partial charge in [0.15, 0.2) is 5.82 Å². The second kappa shape index (κ2) is 4.78. The predicted molar refractivity (Wildman–Crippen MR) is 82.3 cm³/mol. The molecule has 3 N–H and O–H groups in total. The number of aromatic nitrogens is 2. The summed E-state index contributed by atoms with van der Waals surface area (Å²) >= 11 is 0. The predicted octanol–water partition coefficient (Wildman–Crippen LogP) is 3.33. The number of nitrogens with one attached hydrogen (secondary N) is 1. The summed E-state index contributed by atoms with van der Waals surface area (Å²) in [5, 5.41) is 3.50. The van der Waals surface area contributed by atoms with E-state index >= 15 is 0 Å². The van der Waals surface area contributed by atoms with Crippen LogP contribution in [0.5, 0.6) is 0 Å². The van der Waals surface area contributed by atoms with Gasteiger partial charge in [0.1, 0.15) is 11.6 Å². The maximum Gasteiger partial charge on any atom is 0.163 e. The van der Waals surface area contributed by atoms with E-state index in [-0.39, 0.29) is 5.54 Å². The van der Waals surface area contributed by atoms with Crippen LogP contribution in [0.2, 0.25) is 0 Å². The second-order valence-corrected chi connectivity index (χ2v) is 5.99. The molecular weight excluding hydrogens is 248 g/mol. The standard InChI is InChI=1S/C16H20N4/c1-16(2,12-8-9-12)20-14-10-13(17)18-15(19-14)11-6-4-3-5-7-11/h3-7,10,12H,8-9H2,1-2H3,(H3,17,18,19,20). The van der Waals surface area contributed by atoms with Crippen molar-refractivity contribution in [2.24, 2.45) is 5.92 Å². The molecule has 1 aliphatic rings. The van der Waals surface area contributed by atoms with E-state index in [1.54, 1.807) is 6.07 Å². The van der Waals surface area contributed by atoms with Crippen molar-refractivity contribution in [1.29, 1.82) is 0 Å². The molecule has 0 saturated heterocycles. The first-order valence-electron chi connectivity index (χ1n) is 7.03. The maximum atomic E-state index is 5.92. The van der Waals surface area contributed by atoms with Gasteiger partial charge in [-0.15, -0.1) is 0 Å². The van der Waals surface area contributed by atoms with Crippen LogP contribution in [0.25, 0.3) is 11.4 Å². The van der Waals surface area contributed by atoms with Crippen LogP contribution in [0.4, 0.5) is 11.6 Å². The monoisotopic (exact) mass is 268 g/mol. The Bertz CT molecular complexity index is 603. The number of hydrogen-bond donors (Lipinski definition) is 2. The molecule has 0 spiro atoms. The number of benzene rings is 1. The lowest BCUT2D eigenvalue weighted by Gasteiger charge is -2.27. The Balaban J connectivity index is 1.91. The van der Waals surface area contributed by atoms with E-state index in [0.29, 0.717) is 11.6 Å². The summed E-state index contributed by atoms with van der Waals surface area (Å²) in [5.41, 5.74) is 6.95. The molecule has 0 bridgehead atoms. The van der Waals surface area contributed by atoms with Crippen LogP contribution in [0.3, 0.4) is 0 Å². The Morgan fingerprint density at radius 2 is 1.85 bits per heavy atom. The third kappa shape index (κ3) is 2.74. The van der Waals surface area contributed by atoms with Crippen molar-refractivity contribution in [2.45, 2.75) is 32.2 Å². The lowest BCUT2D eigenvalue weighted by Crippen LogP contribution is -2.33. The van der Waals surface area contributed by atoms with Crippen molar-refractivity contribution in [3.8, 4) is 11.4 Å². The van der Waals surface area contributed by atoms with Crippen molar-refractivity contribution >= 4 is 11.6 Å². The van der Waals surface area contributed by atoms with Crippen molar-refractivity contribution in [3.05, 3.63) is 36.4 Å². The number of nitrogen functional groups attached to an aromatic ring is 1. The van der Waals surface area contributed by atoms with E-state index in [2.05, 4.69) is 29.1 Å². The summed E-state index contributed by atoms with van der Waals surface area (Å²) in [6.07, 6.45) is 2.57. The van der Waals surface area contributed by atoms with Gasteiger partial charge in [-0.2, -0.15) is 0 Å². The van der Waals surface area contributed by atoms with E-state index in [4.69, 9.17) is 5.73 Å². The van der Waals surface area contributed by atoms with Gasteiger partial charge in [-0.3, -0.25) is 0 Å². The summed E-state index contributed by atoms with van der Waals surface area (Å²) in [4.78, 5) is 8.92. The van der Waals surface area contributed by atoms with Gasteiger partial charge in [-0.05, 0) is 32.6 Å². The molecule has 0 atom stereocenters. The van der Waals surface area contributed by atoms with Crippen molar-refractivity contribution in [1.82, 2.24) is 9.97 Å². The molecule has 1 aliphatic carbocycles. The first-order chi connectivity index (χ1) is 9.54. The minimum Gasteiger partial charge on any atom is -0.384 e. The molecule has 0 aliphatic heterocycles. The molecule has 0 radical (unpaired) electrons. The highest BCUT2D eigenvalue weighted by atomic mass is 15.1. The molecule has 4 nitrogen and oxygen atoms in total. The normalized spacial score (nSPS) is 15.1. The largest absolute Gasteiger partial charge is 0.384 e. The van der Waals surface area contributed by atoms with Crippen LogP contribution in [-0.2, 0) is 0 Å². The average molecular weight is 268 g/mol. The summed E-state index contributed by atoms with van der Waals surface area (Å²) < 4.78 is 0. The molecule has 1 heterocycles. The zero-order valence-electron chi connectivity index (χ0n) is 11.9. The van der Waals surface area contributed by atoms with Crippen molar-refractivity contribution in [2.75, 3.05) is 11.1 Å². The van der Waals surface area contributed by atoms with Crippen LogP contribution in [0, 0.1) is 5.92 Å². The zero-order chi connectivity index (χ0) is 14.2. The summed E-state index contributed by atoms with van der Waals surface area (Å²) in [6, 6.07) is 11.7. The Kier molecular flexibility index (Phi) is 3.08. The van der Waals surface area contributed by atoms with E-state index in [0.717, 1.165) is 17.3 Å². The van der Waals surface area contributed by atoms with E-state index in [9.17, 15) is 0 Å². The first-order valence-corrected chi connectivity index (χ1v) is 7.03. The summed E-state index contributed by atoms with van der Waals surface area (Å²) in [7, 11) is 0. The number of rotatable bonds is 4. The molecule has 104 valence electrons. The van der Waals surface area contributed by atoms with Gasteiger partial charge in [0.05, 0.1) is 0 Å². The quantitative estimate of drug-likeness (QED) is 0.892. The molecule has 0 amide bonds. The van der Waals surface area contributed by atoms with Gasteiger partial charge < -0.3 is 11.1 Å². The van der Waals surface area contributed by atoms with Gasteiger partial charge >= 0.3 is 0 Å². The van der Waals surface area contributed by atoms with Gasteiger partial charge in [0.25, 0.3) is 0 Å². The van der Waals surface area contributed by atoms with Gasteiger partial charge in [0, 0.05) is 17.2 Å². The fourth-order valence-electron chi connectivity index (χ4n) is 2.48. The van der Waals surface area contributed by atoms with Crippen LogP contribution >= 0.6 is 0 Å². The SMILES string of the molecule is CC(C)(Nc1cc(N)nc(-c2ccccc2)n1)C1CC1. The van der Waals surface area contributed by atoms with Crippen molar-refractivity contribution < 1.29 is 0 Å². The van der Waals surface area contributed by atoms with E-state index in [1.165, 1.54) is 12.8 Å². The molecule has 2 aromatic rings. The molecule has 1 fully saturated rings. The Morgan fingerprint density at radius 1 is 1.15 bits per heavy atom. The molecule has 1 saturated carbocycles. The second-order valence-electron chi connectivity index (χ2n) is 5.99.